The maximum atomic E-state index is 12.6. The van der Waals surface area contributed by atoms with Crippen LogP contribution in [0.2, 0.25) is 0 Å². The highest BCUT2D eigenvalue weighted by molar-refractivity contribution is 5.76. The topological polar surface area (TPSA) is 78.7 Å². The zero-order chi connectivity index (χ0) is 15.0. The van der Waals surface area contributed by atoms with Crippen LogP contribution in [0.25, 0.3) is 0 Å². The maximum Gasteiger partial charge on any atom is 0.320 e. The van der Waals surface area contributed by atoms with Gasteiger partial charge >= 0.3 is 12.0 Å². The molecule has 7 nitrogen and oxygen atoms in total. The number of carboxylic acid groups (broad SMARTS) is 1. The highest BCUT2D eigenvalue weighted by Gasteiger charge is 2.35. The monoisotopic (exact) mass is 292 g/mol. The molecule has 1 fully saturated rings. The molecule has 1 saturated heterocycles. The number of urea groups is 1. The summed E-state index contributed by atoms with van der Waals surface area (Å²) in [6.07, 6.45) is 4.75. The van der Waals surface area contributed by atoms with Crippen LogP contribution < -0.4 is 0 Å². The third-order valence-corrected chi connectivity index (χ3v) is 4.49. The lowest BCUT2D eigenvalue weighted by atomic mass is 9.92. The maximum absolute atomic E-state index is 12.6. The Hall–Kier alpha value is -2.05. The van der Waals surface area contributed by atoms with E-state index in [4.69, 9.17) is 5.11 Å². The van der Waals surface area contributed by atoms with Crippen LogP contribution in [-0.2, 0) is 17.9 Å². The molecular weight excluding hydrogens is 272 g/mol. The number of hydrogen-bond donors (Lipinski definition) is 1. The van der Waals surface area contributed by atoms with Crippen LogP contribution in [-0.4, -0.2) is 55.6 Å². The molecule has 7 heteroatoms. The molecule has 0 saturated carbocycles. The van der Waals surface area contributed by atoms with Crippen LogP contribution in [0.3, 0.4) is 0 Å². The number of hydrogen-bond acceptors (Lipinski definition) is 3. The summed E-state index contributed by atoms with van der Waals surface area (Å²) in [5.74, 6) is -0.180. The van der Waals surface area contributed by atoms with Gasteiger partial charge < -0.3 is 19.5 Å². The van der Waals surface area contributed by atoms with Crippen molar-refractivity contribution in [3.63, 3.8) is 0 Å². The quantitative estimate of drug-likeness (QED) is 0.837. The Bertz CT molecular complexity index is 556. The van der Waals surface area contributed by atoms with Crippen molar-refractivity contribution in [2.75, 3.05) is 13.1 Å². The largest absolute Gasteiger partial charge is 0.481 e. The molecule has 1 aromatic heterocycles. The Labute approximate surface area is 123 Å². The molecule has 2 atom stereocenters. The Kier molecular flexibility index (Phi) is 3.57. The van der Waals surface area contributed by atoms with Gasteiger partial charge in [-0.2, -0.15) is 0 Å². The van der Waals surface area contributed by atoms with Crippen LogP contribution in [0, 0.1) is 5.92 Å². The van der Waals surface area contributed by atoms with Gasteiger partial charge in [0.2, 0.25) is 0 Å². The number of carbonyl (C=O) groups excluding carboxylic acids is 1. The first-order valence-corrected chi connectivity index (χ1v) is 7.34. The number of carboxylic acids is 1. The molecule has 21 heavy (non-hydrogen) atoms. The fourth-order valence-electron chi connectivity index (χ4n) is 3.20. The zero-order valence-electron chi connectivity index (χ0n) is 12.1. The van der Waals surface area contributed by atoms with Crippen molar-refractivity contribution in [2.24, 2.45) is 5.92 Å². The summed E-state index contributed by atoms with van der Waals surface area (Å²) in [5, 5.41) is 9.09. The smallest absolute Gasteiger partial charge is 0.320 e. The van der Waals surface area contributed by atoms with E-state index in [2.05, 4.69) is 9.55 Å². The summed E-state index contributed by atoms with van der Waals surface area (Å²) in [6.45, 7) is 4.41. The van der Waals surface area contributed by atoms with Gasteiger partial charge in [0.1, 0.15) is 5.82 Å². The van der Waals surface area contributed by atoms with E-state index in [1.165, 1.54) is 0 Å². The number of aliphatic carboxylic acids is 1. The van der Waals surface area contributed by atoms with Gasteiger partial charge in [0.25, 0.3) is 0 Å². The molecule has 0 bridgehead atoms. The van der Waals surface area contributed by atoms with Gasteiger partial charge in [0.15, 0.2) is 0 Å². The SMILES string of the molecule is CC1CC(C(=O)O)CCN1C(=O)N1CCn2ccnc2C1. The lowest BCUT2D eigenvalue weighted by Gasteiger charge is -2.40. The van der Waals surface area contributed by atoms with Crippen molar-refractivity contribution in [3.8, 4) is 0 Å². The number of aromatic nitrogens is 2. The Morgan fingerprint density at radius 2 is 2.14 bits per heavy atom. The van der Waals surface area contributed by atoms with Crippen LogP contribution in [0.4, 0.5) is 4.79 Å². The number of rotatable bonds is 1. The molecule has 1 N–H and O–H groups in total. The lowest BCUT2D eigenvalue weighted by molar-refractivity contribution is -0.143. The van der Waals surface area contributed by atoms with Gasteiger partial charge in [-0.25, -0.2) is 9.78 Å². The van der Waals surface area contributed by atoms with Crippen LogP contribution in [0.5, 0.6) is 0 Å². The summed E-state index contributed by atoms with van der Waals surface area (Å²) < 4.78 is 2.06. The lowest BCUT2D eigenvalue weighted by Crippen LogP contribution is -2.53. The molecule has 1 aromatic rings. The number of likely N-dealkylation sites (tertiary alicyclic amines) is 1. The second-order valence-corrected chi connectivity index (χ2v) is 5.84. The molecule has 2 amide bonds. The minimum Gasteiger partial charge on any atom is -0.481 e. The average molecular weight is 292 g/mol. The van der Waals surface area contributed by atoms with Gasteiger partial charge in [-0.05, 0) is 19.8 Å². The molecule has 3 heterocycles. The van der Waals surface area contributed by atoms with Crippen molar-refractivity contribution in [3.05, 3.63) is 18.2 Å². The summed E-state index contributed by atoms with van der Waals surface area (Å²) in [6, 6.07) is -0.0328. The number of piperidine rings is 1. The van der Waals surface area contributed by atoms with E-state index in [0.29, 0.717) is 32.5 Å². The van der Waals surface area contributed by atoms with E-state index >= 15 is 0 Å². The van der Waals surface area contributed by atoms with Gasteiger partial charge in [0, 0.05) is 38.1 Å². The molecule has 3 rings (SSSR count). The van der Waals surface area contributed by atoms with Crippen LogP contribution in [0.1, 0.15) is 25.6 Å². The zero-order valence-corrected chi connectivity index (χ0v) is 12.1. The number of imidazole rings is 1. The fourth-order valence-corrected chi connectivity index (χ4v) is 3.20. The summed E-state index contributed by atoms with van der Waals surface area (Å²) in [7, 11) is 0. The molecular formula is C14H20N4O3. The van der Waals surface area contributed by atoms with E-state index in [1.807, 2.05) is 13.1 Å². The first kappa shape index (κ1) is 13.9. The van der Waals surface area contributed by atoms with Gasteiger partial charge in [0.05, 0.1) is 12.5 Å². The van der Waals surface area contributed by atoms with Crippen LogP contribution >= 0.6 is 0 Å². The highest BCUT2D eigenvalue weighted by atomic mass is 16.4. The highest BCUT2D eigenvalue weighted by Crippen LogP contribution is 2.25. The molecule has 2 aliphatic rings. The van der Waals surface area contributed by atoms with E-state index in [9.17, 15) is 9.59 Å². The molecule has 0 aliphatic carbocycles. The predicted octanol–water partition coefficient (Wildman–Crippen LogP) is 1.00. The number of fused-ring (bicyclic) bond motifs is 1. The first-order valence-electron chi connectivity index (χ1n) is 7.34. The second-order valence-electron chi connectivity index (χ2n) is 5.84. The number of nitrogens with zero attached hydrogens (tertiary/aromatic N) is 4. The van der Waals surface area contributed by atoms with E-state index in [1.54, 1.807) is 16.0 Å². The fraction of sp³-hybridized carbons (Fsp3) is 0.643. The number of amides is 2. The second kappa shape index (κ2) is 5.38. The van der Waals surface area contributed by atoms with Crippen molar-refractivity contribution in [2.45, 2.75) is 38.9 Å². The molecule has 2 aliphatic heterocycles. The predicted molar refractivity (Wildman–Crippen MR) is 74.6 cm³/mol. The summed E-state index contributed by atoms with van der Waals surface area (Å²) >= 11 is 0. The minimum atomic E-state index is -0.756. The Morgan fingerprint density at radius 3 is 2.86 bits per heavy atom. The van der Waals surface area contributed by atoms with E-state index in [-0.39, 0.29) is 18.0 Å². The normalized spacial score (nSPS) is 25.6. The molecule has 0 aromatic carbocycles. The van der Waals surface area contributed by atoms with E-state index in [0.717, 1.165) is 12.4 Å². The van der Waals surface area contributed by atoms with Crippen molar-refractivity contribution in [1.29, 1.82) is 0 Å². The van der Waals surface area contributed by atoms with Gasteiger partial charge in [-0.1, -0.05) is 0 Å². The molecule has 0 spiro atoms. The third kappa shape index (κ3) is 2.59. The van der Waals surface area contributed by atoms with Crippen LogP contribution in [0.15, 0.2) is 12.4 Å². The van der Waals surface area contributed by atoms with Crippen molar-refractivity contribution >= 4 is 12.0 Å². The summed E-state index contributed by atoms with van der Waals surface area (Å²) in [5.41, 5.74) is 0. The molecule has 2 unspecified atom stereocenters. The molecule has 114 valence electrons. The van der Waals surface area contributed by atoms with Crippen molar-refractivity contribution in [1.82, 2.24) is 19.4 Å². The Balaban J connectivity index is 1.65. The first-order chi connectivity index (χ1) is 10.1. The average Bonchev–Trinajstić information content (AvgIpc) is 2.93. The third-order valence-electron chi connectivity index (χ3n) is 4.49. The van der Waals surface area contributed by atoms with Crippen molar-refractivity contribution < 1.29 is 14.7 Å². The van der Waals surface area contributed by atoms with Gasteiger partial charge in [-0.15, -0.1) is 0 Å². The standard InChI is InChI=1S/C14H20N4O3/c1-10-8-11(13(19)20)2-4-18(10)14(21)17-7-6-16-5-3-15-12(16)9-17/h3,5,10-11H,2,4,6-9H2,1H3,(H,19,20). The number of carbonyl (C=O) groups is 2. The minimum absolute atomic E-state index is 0.000545. The van der Waals surface area contributed by atoms with E-state index < -0.39 is 5.97 Å². The molecule has 0 radical (unpaired) electrons. The summed E-state index contributed by atoms with van der Waals surface area (Å²) in [4.78, 5) is 31.6. The Morgan fingerprint density at radius 1 is 1.33 bits per heavy atom. The van der Waals surface area contributed by atoms with Gasteiger partial charge in [-0.3, -0.25) is 4.79 Å².